The molecule has 0 aliphatic heterocycles. The van der Waals surface area contributed by atoms with Gasteiger partial charge in [0.1, 0.15) is 5.75 Å². The standard InChI is InChI=1S/C22H16ClN3O2/c1-28-18-9-8-12(23)10-16(18)14-6-3-7-15-20(24)19-17(25-21(14)15)11-26(22(19)27)13-4-2-5-13/h2-11,27H,24H2,1H3. The molecular formula is C22H16ClN3O2. The molecule has 0 spiro atoms. The number of aromatic hydroxyl groups is 1. The Morgan fingerprint density at radius 2 is 2.00 bits per heavy atom. The normalized spacial score (nSPS) is 13.0. The van der Waals surface area contributed by atoms with Crippen LogP contribution in [0.25, 0.3) is 38.6 Å². The number of allylic oxidation sites excluding steroid dienone is 4. The molecule has 0 radical (unpaired) electrons. The molecular weight excluding hydrogens is 374 g/mol. The van der Waals surface area contributed by atoms with Crippen LogP contribution in [0.1, 0.15) is 0 Å². The third-order valence-corrected chi connectivity index (χ3v) is 5.29. The van der Waals surface area contributed by atoms with E-state index in [2.05, 4.69) is 0 Å². The Morgan fingerprint density at radius 1 is 1.18 bits per heavy atom. The highest BCUT2D eigenvalue weighted by Crippen LogP contribution is 2.42. The Hall–Kier alpha value is -3.44. The summed E-state index contributed by atoms with van der Waals surface area (Å²) in [6.45, 7) is 0. The van der Waals surface area contributed by atoms with E-state index >= 15 is 0 Å². The number of hydrogen-bond acceptors (Lipinski definition) is 4. The molecule has 0 fully saturated rings. The van der Waals surface area contributed by atoms with E-state index in [1.54, 1.807) is 23.9 Å². The number of nitrogens with zero attached hydrogens (tertiary/aromatic N) is 2. The van der Waals surface area contributed by atoms with Gasteiger partial charge in [0.25, 0.3) is 0 Å². The largest absolute Gasteiger partial charge is 0.496 e. The van der Waals surface area contributed by atoms with Crippen molar-refractivity contribution in [2.45, 2.75) is 0 Å². The summed E-state index contributed by atoms with van der Waals surface area (Å²) in [5.41, 5.74) is 10.9. The number of halogens is 1. The van der Waals surface area contributed by atoms with E-state index in [1.165, 1.54) is 0 Å². The molecule has 0 atom stereocenters. The van der Waals surface area contributed by atoms with Gasteiger partial charge in [-0.15, -0.1) is 0 Å². The molecule has 2 aromatic carbocycles. The molecule has 4 aromatic rings. The number of aromatic nitrogens is 2. The maximum absolute atomic E-state index is 10.7. The van der Waals surface area contributed by atoms with E-state index in [0.717, 1.165) is 27.7 Å². The van der Waals surface area contributed by atoms with Gasteiger partial charge in [-0.25, -0.2) is 4.98 Å². The van der Waals surface area contributed by atoms with Crippen LogP contribution in [0, 0.1) is 0 Å². The van der Waals surface area contributed by atoms with Gasteiger partial charge >= 0.3 is 0 Å². The zero-order chi connectivity index (χ0) is 19.4. The van der Waals surface area contributed by atoms with Crippen molar-refractivity contribution in [3.05, 3.63) is 65.8 Å². The van der Waals surface area contributed by atoms with Crippen molar-refractivity contribution in [3.63, 3.8) is 0 Å². The lowest BCUT2D eigenvalue weighted by Crippen LogP contribution is -1.95. The molecule has 0 saturated carbocycles. The summed E-state index contributed by atoms with van der Waals surface area (Å²) in [7, 11) is 1.62. The van der Waals surface area contributed by atoms with Crippen molar-refractivity contribution < 1.29 is 9.84 Å². The number of nitrogen functional groups attached to an aromatic ring is 1. The summed E-state index contributed by atoms with van der Waals surface area (Å²) < 4.78 is 7.21. The molecule has 0 unspecified atom stereocenters. The van der Waals surface area contributed by atoms with Crippen LogP contribution in [-0.2, 0) is 0 Å². The van der Waals surface area contributed by atoms with Crippen molar-refractivity contribution in [1.82, 2.24) is 9.55 Å². The predicted octanol–water partition coefficient (Wildman–Crippen LogP) is 5.22. The molecule has 28 heavy (non-hydrogen) atoms. The molecule has 0 amide bonds. The van der Waals surface area contributed by atoms with E-state index in [0.29, 0.717) is 27.4 Å². The first kappa shape index (κ1) is 16.7. The highest BCUT2D eigenvalue weighted by Gasteiger charge is 2.20. The minimum absolute atomic E-state index is 0.0863. The van der Waals surface area contributed by atoms with Crippen molar-refractivity contribution >= 4 is 44.8 Å². The second kappa shape index (κ2) is 6.04. The maximum Gasteiger partial charge on any atom is 0.207 e. The fraction of sp³-hybridized carbons (Fsp3) is 0.0455. The first-order chi connectivity index (χ1) is 13.6. The lowest BCUT2D eigenvalue weighted by molar-refractivity contribution is 0.416. The Bertz CT molecular complexity index is 1340. The summed E-state index contributed by atoms with van der Waals surface area (Å²) in [5, 5.41) is 12.6. The molecule has 0 bridgehead atoms. The van der Waals surface area contributed by atoms with Crippen molar-refractivity contribution in [2.24, 2.45) is 0 Å². The van der Waals surface area contributed by atoms with Gasteiger partial charge in [-0.1, -0.05) is 35.9 Å². The van der Waals surface area contributed by atoms with Crippen molar-refractivity contribution in [3.8, 4) is 22.8 Å². The first-order valence-electron chi connectivity index (χ1n) is 8.73. The van der Waals surface area contributed by atoms with Gasteiger partial charge in [0, 0.05) is 33.4 Å². The highest BCUT2D eigenvalue weighted by atomic mass is 35.5. The fourth-order valence-corrected chi connectivity index (χ4v) is 3.78. The lowest BCUT2D eigenvalue weighted by Gasteiger charge is -2.13. The quantitative estimate of drug-likeness (QED) is 0.504. The van der Waals surface area contributed by atoms with E-state index in [4.69, 9.17) is 27.1 Å². The Balaban J connectivity index is 1.85. The predicted molar refractivity (Wildman–Crippen MR) is 114 cm³/mol. The minimum Gasteiger partial charge on any atom is -0.496 e. The Morgan fingerprint density at radius 3 is 2.71 bits per heavy atom. The lowest BCUT2D eigenvalue weighted by atomic mass is 9.99. The third-order valence-electron chi connectivity index (χ3n) is 5.05. The Kier molecular flexibility index (Phi) is 3.60. The van der Waals surface area contributed by atoms with Crippen LogP contribution in [0.3, 0.4) is 0 Å². The van der Waals surface area contributed by atoms with Crippen molar-refractivity contribution in [1.29, 1.82) is 0 Å². The average Bonchev–Trinajstić information content (AvgIpc) is 2.96. The number of para-hydroxylation sites is 1. The molecule has 6 heteroatoms. The number of ether oxygens (including phenoxy) is 1. The van der Waals surface area contributed by atoms with Crippen LogP contribution < -0.4 is 10.5 Å². The van der Waals surface area contributed by atoms with Crippen LogP contribution in [0.5, 0.6) is 11.6 Å². The van der Waals surface area contributed by atoms with Gasteiger partial charge in [-0.3, -0.25) is 4.57 Å². The van der Waals surface area contributed by atoms with Gasteiger partial charge in [0.05, 0.1) is 29.2 Å². The number of rotatable bonds is 3. The van der Waals surface area contributed by atoms with E-state index in [1.807, 2.05) is 48.6 Å². The van der Waals surface area contributed by atoms with Gasteiger partial charge in [-0.05, 0) is 30.4 Å². The average molecular weight is 390 g/mol. The minimum atomic E-state index is 0.0863. The van der Waals surface area contributed by atoms with Gasteiger partial charge in [-0.2, -0.15) is 0 Å². The number of pyridine rings is 1. The monoisotopic (exact) mass is 389 g/mol. The van der Waals surface area contributed by atoms with E-state index in [-0.39, 0.29) is 5.88 Å². The number of fused-ring (bicyclic) bond motifs is 2. The van der Waals surface area contributed by atoms with Gasteiger partial charge in [0.15, 0.2) is 0 Å². The number of hydrogen-bond donors (Lipinski definition) is 2. The summed E-state index contributed by atoms with van der Waals surface area (Å²) >= 11 is 6.23. The smallest absolute Gasteiger partial charge is 0.207 e. The zero-order valence-electron chi connectivity index (χ0n) is 15.0. The SMILES string of the molecule is COc1ccc(Cl)cc1-c1cccc2c(N)c3c(O)n(C4=CC=C4)cc3nc12. The second-order valence-corrected chi connectivity index (χ2v) is 7.04. The Labute approximate surface area is 165 Å². The summed E-state index contributed by atoms with van der Waals surface area (Å²) in [6, 6.07) is 11.2. The molecule has 5 nitrogen and oxygen atoms in total. The topological polar surface area (TPSA) is 73.3 Å². The van der Waals surface area contributed by atoms with Gasteiger partial charge in [0.2, 0.25) is 5.88 Å². The molecule has 1 aliphatic carbocycles. The van der Waals surface area contributed by atoms with Crippen LogP contribution in [0.4, 0.5) is 5.69 Å². The number of nitrogens with two attached hydrogens (primary N) is 1. The molecule has 1 aliphatic rings. The van der Waals surface area contributed by atoms with Crippen molar-refractivity contribution in [2.75, 3.05) is 12.8 Å². The molecule has 138 valence electrons. The summed E-state index contributed by atoms with van der Waals surface area (Å²) in [5.74, 6) is 0.783. The molecule has 2 heterocycles. The molecule has 2 aromatic heterocycles. The van der Waals surface area contributed by atoms with Crippen LogP contribution >= 0.6 is 11.6 Å². The fourth-order valence-electron chi connectivity index (χ4n) is 3.61. The number of benzene rings is 2. The number of anilines is 1. The first-order valence-corrected chi connectivity index (χ1v) is 9.11. The third kappa shape index (κ3) is 2.30. The molecule has 0 saturated heterocycles. The van der Waals surface area contributed by atoms with Gasteiger partial charge < -0.3 is 15.6 Å². The summed E-state index contributed by atoms with van der Waals surface area (Å²) in [6.07, 6.45) is 7.53. The van der Waals surface area contributed by atoms with Crippen LogP contribution in [0.15, 0.2) is 60.8 Å². The molecule has 5 rings (SSSR count). The van der Waals surface area contributed by atoms with E-state index in [9.17, 15) is 5.11 Å². The van der Waals surface area contributed by atoms with E-state index < -0.39 is 0 Å². The summed E-state index contributed by atoms with van der Waals surface area (Å²) in [4.78, 5) is 4.83. The molecule has 3 N–H and O–H groups in total. The van der Waals surface area contributed by atoms with Crippen LogP contribution in [-0.4, -0.2) is 21.8 Å². The second-order valence-electron chi connectivity index (χ2n) is 6.61. The highest BCUT2D eigenvalue weighted by molar-refractivity contribution is 6.31. The zero-order valence-corrected chi connectivity index (χ0v) is 15.7. The number of methoxy groups -OCH3 is 1. The maximum atomic E-state index is 10.7. The van der Waals surface area contributed by atoms with Crippen LogP contribution in [0.2, 0.25) is 5.02 Å².